The highest BCUT2D eigenvalue weighted by Crippen LogP contribution is 2.32. The van der Waals surface area contributed by atoms with Gasteiger partial charge >= 0.3 is 5.97 Å². The van der Waals surface area contributed by atoms with E-state index in [1.807, 2.05) is 32.9 Å². The quantitative estimate of drug-likeness (QED) is 0.876. The molecule has 5 heteroatoms. The van der Waals surface area contributed by atoms with Crippen LogP contribution in [0.4, 0.5) is 0 Å². The average molecular weight is 289 g/mol. The van der Waals surface area contributed by atoms with E-state index < -0.39 is 5.97 Å². The van der Waals surface area contributed by atoms with Crippen LogP contribution in [0.3, 0.4) is 0 Å². The Kier molecular flexibility index (Phi) is 3.72. The number of hydrogen-bond donors (Lipinski definition) is 1. The molecule has 2 aromatic rings. The number of rotatable bonds is 3. The predicted molar refractivity (Wildman–Crippen MR) is 78.7 cm³/mol. The number of ketones is 1. The minimum absolute atomic E-state index is 0.157. The van der Waals surface area contributed by atoms with Crippen LogP contribution in [0.5, 0.6) is 0 Å². The monoisotopic (exact) mass is 289 g/mol. The molecule has 0 radical (unpaired) electrons. The maximum atomic E-state index is 11.5. The summed E-state index contributed by atoms with van der Waals surface area (Å²) < 4.78 is 0. The molecular weight excluding hydrogens is 274 g/mol. The van der Waals surface area contributed by atoms with E-state index in [2.05, 4.69) is 4.98 Å². The molecule has 0 atom stereocenters. The Morgan fingerprint density at radius 1 is 1.10 bits per heavy atom. The summed E-state index contributed by atoms with van der Waals surface area (Å²) in [6.45, 7) is 7.33. The van der Waals surface area contributed by atoms with Crippen molar-refractivity contribution in [2.24, 2.45) is 0 Å². The maximum Gasteiger partial charge on any atom is 0.356 e. The molecule has 0 aliphatic heterocycles. The number of carboxylic acid groups (broad SMARTS) is 1. The third-order valence-corrected chi connectivity index (χ3v) is 4.41. The summed E-state index contributed by atoms with van der Waals surface area (Å²) in [5.41, 5.74) is 4.03. The average Bonchev–Trinajstić information content (AvgIpc) is 2.78. The number of Topliss-reactive ketones (excluding diaryl/α,β-unsaturated/α-hetero) is 1. The predicted octanol–water partition coefficient (Wildman–Crippen LogP) is 3.64. The van der Waals surface area contributed by atoms with Crippen molar-refractivity contribution in [2.75, 3.05) is 0 Å². The lowest BCUT2D eigenvalue weighted by molar-refractivity contribution is 0.0687. The van der Waals surface area contributed by atoms with Gasteiger partial charge in [0, 0.05) is 12.5 Å². The van der Waals surface area contributed by atoms with Crippen LogP contribution in [0, 0.1) is 20.8 Å². The van der Waals surface area contributed by atoms with Crippen molar-refractivity contribution in [3.63, 3.8) is 0 Å². The van der Waals surface area contributed by atoms with Gasteiger partial charge in [-0.1, -0.05) is 6.07 Å². The summed E-state index contributed by atoms with van der Waals surface area (Å²) in [4.78, 5) is 27.0. The Bertz CT molecular complexity index is 685. The third-order valence-electron chi connectivity index (χ3n) is 3.22. The van der Waals surface area contributed by atoms with Crippen molar-refractivity contribution >= 4 is 23.1 Å². The topological polar surface area (TPSA) is 67.3 Å². The number of aryl methyl sites for hydroxylation is 3. The van der Waals surface area contributed by atoms with Crippen LogP contribution < -0.4 is 0 Å². The summed E-state index contributed by atoms with van der Waals surface area (Å²) in [7, 11) is 0. The molecule has 0 bridgehead atoms. The minimum atomic E-state index is -1.17. The van der Waals surface area contributed by atoms with E-state index in [1.54, 1.807) is 0 Å². The Labute approximate surface area is 121 Å². The van der Waals surface area contributed by atoms with Gasteiger partial charge in [0.2, 0.25) is 0 Å². The second-order valence-electron chi connectivity index (χ2n) is 4.81. The summed E-state index contributed by atoms with van der Waals surface area (Å²) in [6, 6.07) is 4.03. The highest BCUT2D eigenvalue weighted by atomic mass is 32.1. The van der Waals surface area contributed by atoms with E-state index in [-0.39, 0.29) is 16.4 Å². The van der Waals surface area contributed by atoms with Crippen LogP contribution in [0.1, 0.15) is 43.8 Å². The molecule has 0 saturated heterocycles. The normalized spacial score (nSPS) is 10.6. The number of hydrogen-bond acceptors (Lipinski definition) is 4. The molecule has 20 heavy (non-hydrogen) atoms. The van der Waals surface area contributed by atoms with Gasteiger partial charge in [-0.3, -0.25) is 4.79 Å². The largest absolute Gasteiger partial charge is 0.476 e. The number of benzene rings is 1. The van der Waals surface area contributed by atoms with Gasteiger partial charge in [-0.15, -0.1) is 11.3 Å². The Morgan fingerprint density at radius 2 is 1.70 bits per heavy atom. The summed E-state index contributed by atoms with van der Waals surface area (Å²) in [5, 5.41) is 9.71. The van der Waals surface area contributed by atoms with Crippen molar-refractivity contribution in [3.8, 4) is 10.6 Å². The summed E-state index contributed by atoms with van der Waals surface area (Å²) in [6.07, 6.45) is 0. The molecule has 1 heterocycles. The summed E-state index contributed by atoms with van der Waals surface area (Å²) in [5.74, 6) is -1.44. The lowest BCUT2D eigenvalue weighted by atomic mass is 10.0. The zero-order valence-corrected chi connectivity index (χ0v) is 12.6. The van der Waals surface area contributed by atoms with E-state index in [4.69, 9.17) is 5.11 Å². The SMILES string of the molecule is CC(=O)c1sc(-c2cc(C)c(C)cc2C)nc1C(=O)O. The number of nitrogens with zero attached hydrogens (tertiary/aromatic N) is 1. The molecule has 0 amide bonds. The molecule has 104 valence electrons. The van der Waals surface area contributed by atoms with E-state index in [1.165, 1.54) is 12.5 Å². The van der Waals surface area contributed by atoms with E-state index in [0.717, 1.165) is 28.0 Å². The smallest absolute Gasteiger partial charge is 0.356 e. The molecular formula is C15H15NO3S. The highest BCUT2D eigenvalue weighted by molar-refractivity contribution is 7.17. The molecule has 1 N–H and O–H groups in total. The van der Waals surface area contributed by atoms with Crippen LogP contribution >= 0.6 is 11.3 Å². The minimum Gasteiger partial charge on any atom is -0.476 e. The molecule has 4 nitrogen and oxygen atoms in total. The zero-order chi connectivity index (χ0) is 15.0. The fourth-order valence-corrected chi connectivity index (χ4v) is 3.04. The van der Waals surface area contributed by atoms with Crippen molar-refractivity contribution < 1.29 is 14.7 Å². The Morgan fingerprint density at radius 3 is 2.20 bits per heavy atom. The molecule has 1 aromatic heterocycles. The molecule has 0 saturated carbocycles. The lowest BCUT2D eigenvalue weighted by Gasteiger charge is -2.07. The van der Waals surface area contributed by atoms with E-state index in [0.29, 0.717) is 5.01 Å². The first-order valence-corrected chi connectivity index (χ1v) is 6.96. The molecule has 1 aromatic carbocycles. The van der Waals surface area contributed by atoms with E-state index >= 15 is 0 Å². The Balaban J connectivity index is 2.65. The van der Waals surface area contributed by atoms with Crippen LogP contribution in [-0.2, 0) is 0 Å². The number of aromatic carboxylic acids is 1. The Hall–Kier alpha value is -2.01. The van der Waals surface area contributed by atoms with Gasteiger partial charge < -0.3 is 5.11 Å². The van der Waals surface area contributed by atoms with Crippen molar-refractivity contribution in [3.05, 3.63) is 39.4 Å². The zero-order valence-electron chi connectivity index (χ0n) is 11.8. The van der Waals surface area contributed by atoms with Gasteiger partial charge in [0.1, 0.15) is 9.88 Å². The van der Waals surface area contributed by atoms with Gasteiger partial charge in [0.25, 0.3) is 0 Å². The molecule has 0 spiro atoms. The van der Waals surface area contributed by atoms with Gasteiger partial charge in [-0.25, -0.2) is 9.78 Å². The summed E-state index contributed by atoms with van der Waals surface area (Å²) >= 11 is 1.14. The number of carboxylic acids is 1. The molecule has 2 rings (SSSR count). The fraction of sp³-hybridized carbons (Fsp3) is 0.267. The number of carbonyl (C=O) groups excluding carboxylic acids is 1. The number of aromatic nitrogens is 1. The second kappa shape index (κ2) is 5.17. The second-order valence-corrected chi connectivity index (χ2v) is 5.81. The number of carbonyl (C=O) groups is 2. The highest BCUT2D eigenvalue weighted by Gasteiger charge is 2.22. The number of thiazole rings is 1. The van der Waals surface area contributed by atoms with Crippen LogP contribution in [-0.4, -0.2) is 21.8 Å². The molecule has 0 unspecified atom stereocenters. The standard InChI is InChI=1S/C15H15NO3S/c1-7-5-9(3)11(6-8(7)2)14-16-12(15(18)19)13(20-14)10(4)17/h5-6H,1-4H3,(H,18,19). The van der Waals surface area contributed by atoms with Crippen LogP contribution in [0.25, 0.3) is 10.6 Å². The van der Waals surface area contributed by atoms with E-state index in [9.17, 15) is 9.59 Å². The van der Waals surface area contributed by atoms with Crippen LogP contribution in [0.2, 0.25) is 0 Å². The lowest BCUT2D eigenvalue weighted by Crippen LogP contribution is -2.03. The molecule has 0 fully saturated rings. The maximum absolute atomic E-state index is 11.5. The molecule has 0 aliphatic rings. The van der Waals surface area contributed by atoms with Crippen LogP contribution in [0.15, 0.2) is 12.1 Å². The first kappa shape index (κ1) is 14.4. The molecule has 0 aliphatic carbocycles. The van der Waals surface area contributed by atoms with Crippen molar-refractivity contribution in [2.45, 2.75) is 27.7 Å². The fourth-order valence-electron chi connectivity index (χ4n) is 2.01. The van der Waals surface area contributed by atoms with Gasteiger partial charge in [-0.2, -0.15) is 0 Å². The van der Waals surface area contributed by atoms with Crippen molar-refractivity contribution in [1.82, 2.24) is 4.98 Å². The first-order valence-electron chi connectivity index (χ1n) is 6.14. The first-order chi connectivity index (χ1) is 9.31. The van der Waals surface area contributed by atoms with Gasteiger partial charge in [0.15, 0.2) is 11.5 Å². The van der Waals surface area contributed by atoms with Gasteiger partial charge in [-0.05, 0) is 43.5 Å². The van der Waals surface area contributed by atoms with Crippen molar-refractivity contribution in [1.29, 1.82) is 0 Å². The van der Waals surface area contributed by atoms with Gasteiger partial charge in [0.05, 0.1) is 0 Å². The third kappa shape index (κ3) is 2.49.